The molecule has 2 heterocycles. The van der Waals surface area contributed by atoms with Crippen LogP contribution in [0.3, 0.4) is 0 Å². The van der Waals surface area contributed by atoms with Crippen molar-refractivity contribution < 1.29 is 14.4 Å². The Morgan fingerprint density at radius 2 is 1.52 bits per heavy atom. The first-order valence-corrected chi connectivity index (χ1v) is 10.8. The summed E-state index contributed by atoms with van der Waals surface area (Å²) in [5.41, 5.74) is 2.22. The van der Waals surface area contributed by atoms with Gasteiger partial charge in [0.1, 0.15) is 0 Å². The molecule has 0 saturated carbocycles. The smallest absolute Gasteiger partial charge is 0.317 e. The maximum atomic E-state index is 12.5. The first-order valence-electron chi connectivity index (χ1n) is 10.8. The summed E-state index contributed by atoms with van der Waals surface area (Å²) in [6.07, 6.45) is 1.02. The molecule has 2 aliphatic heterocycles. The third kappa shape index (κ3) is 5.23. The van der Waals surface area contributed by atoms with E-state index < -0.39 is 0 Å². The van der Waals surface area contributed by atoms with E-state index in [4.69, 9.17) is 0 Å². The zero-order valence-electron chi connectivity index (χ0n) is 17.5. The standard InChI is InChI=1S/C24H28N4O3/c29-22-13-20(23(30)26-14-19-9-5-2-6-10-19)15-28(22)21-16-27(17-21)24(31)25-12-11-18-7-3-1-4-8-18/h1-10,20-21H,11-17H2,(H,25,31)(H,26,30). The molecular formula is C24H28N4O3. The lowest BCUT2D eigenvalue weighted by molar-refractivity contribution is -0.132. The summed E-state index contributed by atoms with van der Waals surface area (Å²) in [7, 11) is 0. The molecule has 7 heteroatoms. The van der Waals surface area contributed by atoms with E-state index in [-0.39, 0.29) is 36.2 Å². The van der Waals surface area contributed by atoms with Crippen molar-refractivity contribution in [3.05, 3.63) is 71.8 Å². The van der Waals surface area contributed by atoms with Crippen molar-refractivity contribution in [3.8, 4) is 0 Å². The Bertz CT molecular complexity index is 913. The Labute approximate surface area is 182 Å². The minimum Gasteiger partial charge on any atom is -0.352 e. The molecule has 0 radical (unpaired) electrons. The fourth-order valence-corrected chi connectivity index (χ4v) is 4.08. The fourth-order valence-electron chi connectivity index (χ4n) is 4.08. The second kappa shape index (κ2) is 9.64. The molecule has 2 saturated heterocycles. The minimum absolute atomic E-state index is 0.000651. The molecule has 162 valence electrons. The summed E-state index contributed by atoms with van der Waals surface area (Å²) in [4.78, 5) is 40.7. The highest BCUT2D eigenvalue weighted by atomic mass is 16.2. The number of benzene rings is 2. The molecule has 4 amide bonds. The molecule has 2 aromatic rings. The molecule has 31 heavy (non-hydrogen) atoms. The van der Waals surface area contributed by atoms with E-state index in [1.807, 2.05) is 60.7 Å². The van der Waals surface area contributed by atoms with Gasteiger partial charge in [-0.15, -0.1) is 0 Å². The van der Waals surface area contributed by atoms with Crippen LogP contribution in [0.2, 0.25) is 0 Å². The lowest BCUT2D eigenvalue weighted by Crippen LogP contribution is -2.63. The van der Waals surface area contributed by atoms with E-state index in [9.17, 15) is 14.4 Å². The molecule has 4 rings (SSSR count). The number of carbonyl (C=O) groups excluding carboxylic acids is 3. The summed E-state index contributed by atoms with van der Waals surface area (Å²) in [5.74, 6) is -0.423. The molecule has 2 aliphatic rings. The highest BCUT2D eigenvalue weighted by molar-refractivity contribution is 5.89. The maximum Gasteiger partial charge on any atom is 0.317 e. The summed E-state index contributed by atoms with van der Waals surface area (Å²) < 4.78 is 0. The Morgan fingerprint density at radius 1 is 0.871 bits per heavy atom. The van der Waals surface area contributed by atoms with Crippen molar-refractivity contribution in [1.29, 1.82) is 0 Å². The SMILES string of the molecule is O=C(NCc1ccccc1)C1CC(=O)N(C2CN(C(=O)NCCc3ccccc3)C2)C1. The van der Waals surface area contributed by atoms with Crippen LogP contribution in [0.1, 0.15) is 17.5 Å². The normalized spacial score (nSPS) is 18.6. The molecule has 2 fully saturated rings. The van der Waals surface area contributed by atoms with Crippen LogP contribution < -0.4 is 10.6 Å². The number of amides is 4. The van der Waals surface area contributed by atoms with Crippen molar-refractivity contribution in [3.63, 3.8) is 0 Å². The zero-order valence-corrected chi connectivity index (χ0v) is 17.5. The van der Waals surface area contributed by atoms with E-state index >= 15 is 0 Å². The van der Waals surface area contributed by atoms with Gasteiger partial charge in [-0.2, -0.15) is 0 Å². The third-order valence-corrected chi connectivity index (χ3v) is 5.96. The molecule has 0 spiro atoms. The van der Waals surface area contributed by atoms with Gasteiger partial charge in [-0.1, -0.05) is 60.7 Å². The van der Waals surface area contributed by atoms with Crippen LogP contribution in [0, 0.1) is 5.92 Å². The van der Waals surface area contributed by atoms with Crippen molar-refractivity contribution in [2.45, 2.75) is 25.4 Å². The van der Waals surface area contributed by atoms with E-state index in [0.717, 1.165) is 12.0 Å². The maximum absolute atomic E-state index is 12.5. The predicted molar refractivity (Wildman–Crippen MR) is 117 cm³/mol. The van der Waals surface area contributed by atoms with Crippen LogP contribution in [0.4, 0.5) is 4.79 Å². The van der Waals surface area contributed by atoms with Crippen LogP contribution >= 0.6 is 0 Å². The number of likely N-dealkylation sites (tertiary alicyclic amines) is 2. The topological polar surface area (TPSA) is 81.8 Å². The quantitative estimate of drug-likeness (QED) is 0.717. The molecule has 0 aromatic heterocycles. The number of hydrogen-bond donors (Lipinski definition) is 2. The van der Waals surface area contributed by atoms with Crippen LogP contribution in [-0.2, 0) is 22.6 Å². The minimum atomic E-state index is -0.329. The van der Waals surface area contributed by atoms with Gasteiger partial charge in [-0.05, 0) is 17.5 Å². The van der Waals surface area contributed by atoms with E-state index in [1.54, 1.807) is 9.80 Å². The average molecular weight is 421 g/mol. The van der Waals surface area contributed by atoms with Gasteiger partial charge in [-0.25, -0.2) is 4.79 Å². The number of nitrogens with one attached hydrogen (secondary N) is 2. The Balaban J connectivity index is 1.17. The van der Waals surface area contributed by atoms with Crippen molar-refractivity contribution in [1.82, 2.24) is 20.4 Å². The van der Waals surface area contributed by atoms with Crippen LogP contribution in [0.25, 0.3) is 0 Å². The van der Waals surface area contributed by atoms with E-state index in [0.29, 0.717) is 32.7 Å². The highest BCUT2D eigenvalue weighted by Crippen LogP contribution is 2.25. The molecule has 0 bridgehead atoms. The molecule has 1 atom stereocenters. The second-order valence-corrected chi connectivity index (χ2v) is 8.18. The largest absolute Gasteiger partial charge is 0.352 e. The molecular weight excluding hydrogens is 392 g/mol. The van der Waals surface area contributed by atoms with Crippen LogP contribution in [0.5, 0.6) is 0 Å². The van der Waals surface area contributed by atoms with Gasteiger partial charge in [0, 0.05) is 39.1 Å². The number of carbonyl (C=O) groups is 3. The molecule has 0 aliphatic carbocycles. The number of hydrogen-bond acceptors (Lipinski definition) is 3. The average Bonchev–Trinajstić information content (AvgIpc) is 3.14. The van der Waals surface area contributed by atoms with Gasteiger partial charge in [0.15, 0.2) is 0 Å². The second-order valence-electron chi connectivity index (χ2n) is 8.18. The highest BCUT2D eigenvalue weighted by Gasteiger charge is 2.43. The Kier molecular flexibility index (Phi) is 6.50. The number of rotatable bonds is 7. The van der Waals surface area contributed by atoms with Gasteiger partial charge in [0.25, 0.3) is 0 Å². The van der Waals surface area contributed by atoms with Gasteiger partial charge in [-0.3, -0.25) is 9.59 Å². The predicted octanol–water partition coefficient (Wildman–Crippen LogP) is 1.79. The van der Waals surface area contributed by atoms with Gasteiger partial charge in [0.2, 0.25) is 11.8 Å². The van der Waals surface area contributed by atoms with E-state index in [2.05, 4.69) is 10.6 Å². The van der Waals surface area contributed by atoms with Gasteiger partial charge < -0.3 is 20.4 Å². The van der Waals surface area contributed by atoms with Gasteiger partial charge in [0.05, 0.1) is 12.0 Å². The summed E-state index contributed by atoms with van der Waals surface area (Å²) in [5, 5.41) is 5.86. The fraction of sp³-hybridized carbons (Fsp3) is 0.375. The summed E-state index contributed by atoms with van der Waals surface area (Å²) in [6, 6.07) is 19.6. The van der Waals surface area contributed by atoms with Crippen LogP contribution in [0.15, 0.2) is 60.7 Å². The van der Waals surface area contributed by atoms with Crippen molar-refractivity contribution in [2.24, 2.45) is 5.92 Å². The van der Waals surface area contributed by atoms with Crippen molar-refractivity contribution in [2.75, 3.05) is 26.2 Å². The Hall–Kier alpha value is -3.35. The van der Waals surface area contributed by atoms with Crippen LogP contribution in [-0.4, -0.2) is 59.9 Å². The Morgan fingerprint density at radius 3 is 2.19 bits per heavy atom. The lowest BCUT2D eigenvalue weighted by Gasteiger charge is -2.43. The monoisotopic (exact) mass is 420 g/mol. The third-order valence-electron chi connectivity index (χ3n) is 5.96. The lowest BCUT2D eigenvalue weighted by atomic mass is 10.1. The summed E-state index contributed by atoms with van der Waals surface area (Å²) >= 11 is 0. The van der Waals surface area contributed by atoms with Crippen molar-refractivity contribution >= 4 is 17.8 Å². The molecule has 2 aromatic carbocycles. The summed E-state index contributed by atoms with van der Waals surface area (Å²) in [6.45, 7) is 2.50. The molecule has 2 N–H and O–H groups in total. The van der Waals surface area contributed by atoms with E-state index in [1.165, 1.54) is 5.56 Å². The number of nitrogens with zero attached hydrogens (tertiary/aromatic N) is 2. The van der Waals surface area contributed by atoms with Gasteiger partial charge >= 0.3 is 6.03 Å². The first kappa shape index (κ1) is 20.9. The molecule has 7 nitrogen and oxygen atoms in total. The zero-order chi connectivity index (χ0) is 21.6. The number of urea groups is 1. The molecule has 1 unspecified atom stereocenters. The first-order chi connectivity index (χ1) is 15.1.